The van der Waals surface area contributed by atoms with Crippen LogP contribution in [-0.4, -0.2) is 21.2 Å². The molecule has 0 aliphatic carbocycles. The second kappa shape index (κ2) is 2.70. The lowest BCUT2D eigenvalue weighted by molar-refractivity contribution is -0.179. The van der Waals surface area contributed by atoms with Crippen molar-refractivity contribution < 1.29 is 20.1 Å². The van der Waals surface area contributed by atoms with Gasteiger partial charge in [0, 0.05) is 11.6 Å². The van der Waals surface area contributed by atoms with Crippen LogP contribution in [0.5, 0.6) is 5.75 Å². The molecule has 1 aliphatic rings. The number of phenolic OH excluding ortho intramolecular Hbond substituents is 1. The zero-order valence-corrected chi connectivity index (χ0v) is 7.19. The van der Waals surface area contributed by atoms with Crippen molar-refractivity contribution >= 4 is 11.6 Å². The van der Waals surface area contributed by atoms with Crippen LogP contribution in [0.15, 0.2) is 18.2 Å². The minimum Gasteiger partial charge on any atom is -0.508 e. The van der Waals surface area contributed by atoms with Gasteiger partial charge in [-0.15, -0.1) is 0 Å². The lowest BCUT2D eigenvalue weighted by Crippen LogP contribution is -2.36. The molecule has 0 radical (unpaired) electrons. The minimum absolute atomic E-state index is 0.0400. The number of phenols is 1. The Hall–Kier alpha value is -1.59. The largest absolute Gasteiger partial charge is 0.508 e. The summed E-state index contributed by atoms with van der Waals surface area (Å²) < 4.78 is 0. The summed E-state index contributed by atoms with van der Waals surface area (Å²) in [5.74, 6) is -2.68. The standard InChI is InChI=1S/C9H9NO4/c11-5-1-2-6-7(3-5)10-8(12)4-9(6,13)14/h1-3,11,13-14H,4H2,(H,10,12). The monoisotopic (exact) mass is 195 g/mol. The third kappa shape index (κ3) is 1.32. The number of anilines is 1. The molecule has 74 valence electrons. The number of carbonyl (C=O) groups excluding carboxylic acids is 1. The number of carbonyl (C=O) groups is 1. The predicted molar refractivity (Wildman–Crippen MR) is 47.5 cm³/mol. The molecule has 1 heterocycles. The summed E-state index contributed by atoms with van der Waals surface area (Å²) in [7, 11) is 0. The van der Waals surface area contributed by atoms with E-state index in [0.29, 0.717) is 0 Å². The molecule has 0 saturated heterocycles. The number of rotatable bonds is 0. The number of aromatic hydroxyl groups is 1. The van der Waals surface area contributed by atoms with Crippen molar-refractivity contribution in [3.8, 4) is 5.75 Å². The lowest BCUT2D eigenvalue weighted by atomic mass is 9.96. The van der Waals surface area contributed by atoms with Gasteiger partial charge in [0.25, 0.3) is 0 Å². The van der Waals surface area contributed by atoms with Crippen LogP contribution < -0.4 is 5.32 Å². The number of hydrogen-bond acceptors (Lipinski definition) is 4. The van der Waals surface area contributed by atoms with Crippen molar-refractivity contribution in [3.63, 3.8) is 0 Å². The van der Waals surface area contributed by atoms with Crippen LogP contribution in [0.1, 0.15) is 12.0 Å². The maximum Gasteiger partial charge on any atom is 0.230 e. The summed E-state index contributed by atoms with van der Waals surface area (Å²) in [6.07, 6.45) is -0.398. The minimum atomic E-state index is -2.15. The van der Waals surface area contributed by atoms with Gasteiger partial charge >= 0.3 is 0 Å². The highest BCUT2D eigenvalue weighted by atomic mass is 16.5. The molecule has 5 nitrogen and oxygen atoms in total. The number of nitrogens with one attached hydrogen (secondary N) is 1. The second-order valence-electron chi connectivity index (χ2n) is 3.27. The molecule has 2 rings (SSSR count). The molecule has 0 atom stereocenters. The van der Waals surface area contributed by atoms with Crippen LogP contribution in [-0.2, 0) is 10.6 Å². The fourth-order valence-electron chi connectivity index (χ4n) is 1.50. The van der Waals surface area contributed by atoms with Gasteiger partial charge < -0.3 is 20.6 Å². The van der Waals surface area contributed by atoms with Crippen LogP contribution in [0.2, 0.25) is 0 Å². The van der Waals surface area contributed by atoms with E-state index in [2.05, 4.69) is 5.32 Å². The van der Waals surface area contributed by atoms with E-state index < -0.39 is 18.1 Å². The number of amides is 1. The van der Waals surface area contributed by atoms with Crippen molar-refractivity contribution in [2.75, 3.05) is 5.32 Å². The van der Waals surface area contributed by atoms with E-state index in [-0.39, 0.29) is 17.0 Å². The average Bonchev–Trinajstić information content (AvgIpc) is 2.00. The van der Waals surface area contributed by atoms with Crippen molar-refractivity contribution in [1.29, 1.82) is 0 Å². The highest BCUT2D eigenvalue weighted by Gasteiger charge is 2.36. The molecule has 5 heteroatoms. The Morgan fingerprint density at radius 2 is 2.07 bits per heavy atom. The third-order valence-electron chi connectivity index (χ3n) is 2.12. The molecule has 0 unspecified atom stereocenters. The molecule has 4 N–H and O–H groups in total. The summed E-state index contributed by atoms with van der Waals surface area (Å²) >= 11 is 0. The van der Waals surface area contributed by atoms with E-state index in [4.69, 9.17) is 5.11 Å². The van der Waals surface area contributed by atoms with E-state index in [0.717, 1.165) is 0 Å². The van der Waals surface area contributed by atoms with Crippen LogP contribution in [0.4, 0.5) is 5.69 Å². The first-order chi connectivity index (χ1) is 6.49. The SMILES string of the molecule is O=C1CC(O)(O)c2ccc(O)cc2N1. The van der Waals surface area contributed by atoms with E-state index in [9.17, 15) is 15.0 Å². The van der Waals surface area contributed by atoms with Gasteiger partial charge in [-0.2, -0.15) is 0 Å². The quantitative estimate of drug-likeness (QED) is 0.434. The molecule has 1 aliphatic heterocycles. The van der Waals surface area contributed by atoms with E-state index in [1.165, 1.54) is 18.2 Å². The van der Waals surface area contributed by atoms with Gasteiger partial charge in [0.1, 0.15) is 5.75 Å². The summed E-state index contributed by atoms with van der Waals surface area (Å²) in [6, 6.07) is 3.97. The Kier molecular flexibility index (Phi) is 1.73. The fourth-order valence-corrected chi connectivity index (χ4v) is 1.50. The number of hydrogen-bond donors (Lipinski definition) is 4. The third-order valence-corrected chi connectivity index (χ3v) is 2.12. The molecule has 14 heavy (non-hydrogen) atoms. The molecular formula is C9H9NO4. The molecule has 0 bridgehead atoms. The molecule has 0 aromatic heterocycles. The smallest absolute Gasteiger partial charge is 0.230 e. The topological polar surface area (TPSA) is 89.8 Å². The number of benzene rings is 1. The van der Waals surface area contributed by atoms with Gasteiger partial charge in [-0.1, -0.05) is 0 Å². The fraction of sp³-hybridized carbons (Fsp3) is 0.222. The first-order valence-electron chi connectivity index (χ1n) is 4.07. The Bertz CT molecular complexity index is 400. The molecule has 0 spiro atoms. The number of fused-ring (bicyclic) bond motifs is 1. The Morgan fingerprint density at radius 3 is 2.79 bits per heavy atom. The molecule has 1 amide bonds. The van der Waals surface area contributed by atoms with Crippen LogP contribution in [0, 0.1) is 0 Å². The first-order valence-corrected chi connectivity index (χ1v) is 4.07. The molecule has 0 fully saturated rings. The zero-order valence-electron chi connectivity index (χ0n) is 7.19. The van der Waals surface area contributed by atoms with Gasteiger partial charge in [-0.25, -0.2) is 0 Å². The van der Waals surface area contributed by atoms with Crippen molar-refractivity contribution in [2.24, 2.45) is 0 Å². The van der Waals surface area contributed by atoms with Crippen LogP contribution >= 0.6 is 0 Å². The van der Waals surface area contributed by atoms with Crippen LogP contribution in [0.3, 0.4) is 0 Å². The Balaban J connectivity index is 2.57. The van der Waals surface area contributed by atoms with Crippen molar-refractivity contribution in [2.45, 2.75) is 12.2 Å². The Labute approximate surface area is 79.6 Å². The molecule has 1 aromatic carbocycles. The van der Waals surface area contributed by atoms with Gasteiger partial charge in [-0.05, 0) is 12.1 Å². The average molecular weight is 195 g/mol. The molecule has 1 aromatic rings. The first kappa shape index (κ1) is 8.98. The summed E-state index contributed by atoms with van der Waals surface area (Å²) in [5.41, 5.74) is 0.418. The summed E-state index contributed by atoms with van der Waals surface area (Å²) in [5, 5.41) is 30.6. The lowest BCUT2D eigenvalue weighted by Gasteiger charge is -2.28. The highest BCUT2D eigenvalue weighted by molar-refractivity contribution is 5.95. The van der Waals surface area contributed by atoms with Gasteiger partial charge in [0.05, 0.1) is 12.1 Å². The van der Waals surface area contributed by atoms with Crippen LogP contribution in [0.25, 0.3) is 0 Å². The van der Waals surface area contributed by atoms with Gasteiger partial charge in [0.2, 0.25) is 11.7 Å². The summed E-state index contributed by atoms with van der Waals surface area (Å²) in [4.78, 5) is 11.0. The Morgan fingerprint density at radius 1 is 1.36 bits per heavy atom. The molecule has 0 saturated carbocycles. The van der Waals surface area contributed by atoms with Gasteiger partial charge in [-0.3, -0.25) is 4.79 Å². The van der Waals surface area contributed by atoms with E-state index >= 15 is 0 Å². The normalized spacial score (nSPS) is 18.6. The van der Waals surface area contributed by atoms with Crippen molar-refractivity contribution in [3.05, 3.63) is 23.8 Å². The van der Waals surface area contributed by atoms with E-state index in [1.807, 2.05) is 0 Å². The zero-order chi connectivity index (χ0) is 10.3. The molecular weight excluding hydrogens is 186 g/mol. The van der Waals surface area contributed by atoms with Gasteiger partial charge in [0.15, 0.2) is 0 Å². The second-order valence-corrected chi connectivity index (χ2v) is 3.27. The number of aliphatic hydroxyl groups is 2. The highest BCUT2D eigenvalue weighted by Crippen LogP contribution is 2.35. The maximum absolute atomic E-state index is 11.0. The van der Waals surface area contributed by atoms with Crippen molar-refractivity contribution in [1.82, 2.24) is 0 Å². The summed E-state index contributed by atoms with van der Waals surface area (Å²) in [6.45, 7) is 0. The predicted octanol–water partition coefficient (Wildman–Crippen LogP) is -0.128. The van der Waals surface area contributed by atoms with E-state index in [1.54, 1.807) is 0 Å². The maximum atomic E-state index is 11.0.